The maximum Gasteiger partial charge on any atom is 0.373 e. The molecule has 0 atom stereocenters. The molecule has 0 unspecified atom stereocenters. The van der Waals surface area contributed by atoms with Gasteiger partial charge in [-0.05, 0) is 36.4 Å². The van der Waals surface area contributed by atoms with Crippen LogP contribution in [0.25, 0.3) is 0 Å². The monoisotopic (exact) mass is 346 g/mol. The summed E-state index contributed by atoms with van der Waals surface area (Å²) in [6, 6.07) is 15.6. The zero-order valence-corrected chi connectivity index (χ0v) is 13.5. The van der Waals surface area contributed by atoms with Crippen LogP contribution in [0.2, 0.25) is 0 Å². The zero-order valence-electron chi connectivity index (χ0n) is 12.8. The number of methoxy groups -OCH3 is 1. The Bertz CT molecular complexity index is 743. The number of carbonyl (C=O) groups is 1. The average molecular weight is 347 g/mol. The highest BCUT2D eigenvalue weighted by Gasteiger charge is 2.15. The van der Waals surface area contributed by atoms with E-state index in [-0.39, 0.29) is 5.03 Å². The first kappa shape index (κ1) is 17.4. The molecule has 0 aliphatic carbocycles. The first-order valence-corrected chi connectivity index (χ1v) is 7.27. The topological polar surface area (TPSA) is 80.2 Å². The van der Waals surface area contributed by atoms with Crippen LogP contribution in [0, 0.1) is 0 Å². The molecule has 7 heteroatoms. The normalized spacial score (nSPS) is 11.8. The van der Waals surface area contributed by atoms with Crippen LogP contribution in [0.5, 0.6) is 11.5 Å². The molecule has 0 amide bonds. The van der Waals surface area contributed by atoms with E-state index in [1.165, 1.54) is 13.3 Å². The molecule has 0 heterocycles. The number of allylic oxidation sites excluding steroid dienone is 1. The number of hydrogen-bond acceptors (Lipinski definition) is 5. The molecule has 2 aromatic carbocycles. The molecule has 124 valence electrons. The first-order chi connectivity index (χ1) is 11.6. The molecule has 0 spiro atoms. The van der Waals surface area contributed by atoms with Gasteiger partial charge in [0.1, 0.15) is 16.5 Å². The Kier molecular flexibility index (Phi) is 6.22. The summed E-state index contributed by atoms with van der Waals surface area (Å²) in [7, 11) is 1.53. The quantitative estimate of drug-likeness (QED) is 0.346. The molecule has 2 N–H and O–H groups in total. The van der Waals surface area contributed by atoms with Gasteiger partial charge in [0, 0.05) is 0 Å². The molecular formula is C17H15ClN2O4. The third-order valence-electron chi connectivity index (χ3n) is 2.84. The molecular weight excluding hydrogens is 332 g/mol. The molecule has 0 radical (unpaired) electrons. The van der Waals surface area contributed by atoms with Crippen molar-refractivity contribution in [1.29, 1.82) is 0 Å². The average Bonchev–Trinajstić information content (AvgIpc) is 2.60. The number of nitrogens with zero attached hydrogens (tertiary/aromatic N) is 1. The van der Waals surface area contributed by atoms with Gasteiger partial charge in [-0.2, -0.15) is 5.10 Å². The van der Waals surface area contributed by atoms with Gasteiger partial charge in [0.05, 0.1) is 19.0 Å². The number of hydrogen-bond donors (Lipinski definition) is 2. The highest BCUT2D eigenvalue weighted by atomic mass is 35.5. The fourth-order valence-corrected chi connectivity index (χ4v) is 1.86. The number of ether oxygens (including phenoxy) is 2. The lowest BCUT2D eigenvalue weighted by Gasteiger charge is -2.08. The van der Waals surface area contributed by atoms with Crippen LogP contribution >= 0.6 is 11.6 Å². The third kappa shape index (κ3) is 5.03. The van der Waals surface area contributed by atoms with Gasteiger partial charge >= 0.3 is 5.97 Å². The standard InChI is InChI=1S/C17H15ClN2O4/c1-23-13-7-9-14(10-8-13)24-16(17(21)22)15(18)11-19-20-12-5-3-2-4-6-12/h2-11,20H,1H3,(H,21,22)/b16-15-,19-11-. The SMILES string of the molecule is COc1ccc(O/C(C(=O)O)=C(Cl)/C=N\Nc2ccccc2)cc1. The number of carboxylic acids is 1. The summed E-state index contributed by atoms with van der Waals surface area (Å²) in [6.45, 7) is 0. The Morgan fingerprint density at radius 2 is 1.75 bits per heavy atom. The van der Waals surface area contributed by atoms with Gasteiger partial charge in [-0.25, -0.2) is 4.79 Å². The summed E-state index contributed by atoms with van der Waals surface area (Å²) < 4.78 is 10.3. The van der Waals surface area contributed by atoms with Gasteiger partial charge in [0.15, 0.2) is 0 Å². The second-order valence-electron chi connectivity index (χ2n) is 4.50. The van der Waals surface area contributed by atoms with Crippen molar-refractivity contribution in [2.45, 2.75) is 0 Å². The molecule has 0 fully saturated rings. The van der Waals surface area contributed by atoms with E-state index in [9.17, 15) is 9.90 Å². The molecule has 24 heavy (non-hydrogen) atoms. The summed E-state index contributed by atoms with van der Waals surface area (Å²) in [5, 5.41) is 13.0. The minimum atomic E-state index is -1.30. The maximum atomic E-state index is 11.3. The van der Waals surface area contributed by atoms with Crippen molar-refractivity contribution < 1.29 is 19.4 Å². The predicted molar refractivity (Wildman–Crippen MR) is 92.7 cm³/mol. The fourth-order valence-electron chi connectivity index (χ4n) is 1.69. The largest absolute Gasteiger partial charge is 0.497 e. The van der Waals surface area contributed by atoms with Crippen LogP contribution in [-0.2, 0) is 4.79 Å². The van der Waals surface area contributed by atoms with Crippen molar-refractivity contribution in [1.82, 2.24) is 0 Å². The molecule has 0 aliphatic heterocycles. The van der Waals surface area contributed by atoms with Crippen molar-refractivity contribution in [3.05, 3.63) is 65.4 Å². The van der Waals surface area contributed by atoms with Crippen LogP contribution in [0.15, 0.2) is 70.5 Å². The van der Waals surface area contributed by atoms with Gasteiger partial charge in [0.2, 0.25) is 5.76 Å². The van der Waals surface area contributed by atoms with Crippen LogP contribution in [0.1, 0.15) is 0 Å². The van der Waals surface area contributed by atoms with Crippen LogP contribution in [0.4, 0.5) is 5.69 Å². The zero-order chi connectivity index (χ0) is 17.4. The number of anilines is 1. The van der Waals surface area contributed by atoms with Gasteiger partial charge in [-0.1, -0.05) is 29.8 Å². The number of halogens is 1. The summed E-state index contributed by atoms with van der Waals surface area (Å²) in [5.74, 6) is -0.791. The van der Waals surface area contributed by atoms with Crippen LogP contribution in [0.3, 0.4) is 0 Å². The van der Waals surface area contributed by atoms with E-state index in [1.54, 1.807) is 36.4 Å². The highest BCUT2D eigenvalue weighted by molar-refractivity contribution is 6.41. The van der Waals surface area contributed by atoms with E-state index >= 15 is 0 Å². The fraction of sp³-hybridized carbons (Fsp3) is 0.0588. The summed E-state index contributed by atoms with van der Waals surface area (Å²) >= 11 is 5.98. The number of aliphatic carboxylic acids is 1. The second-order valence-corrected chi connectivity index (χ2v) is 4.90. The Morgan fingerprint density at radius 3 is 2.33 bits per heavy atom. The second kappa shape index (κ2) is 8.59. The van der Waals surface area contributed by atoms with Gasteiger partial charge < -0.3 is 14.6 Å². The number of rotatable bonds is 7. The maximum absolute atomic E-state index is 11.3. The molecule has 6 nitrogen and oxygen atoms in total. The smallest absolute Gasteiger partial charge is 0.373 e. The van der Waals surface area contributed by atoms with Crippen molar-refractivity contribution in [3.8, 4) is 11.5 Å². The van der Waals surface area contributed by atoms with Crippen molar-refractivity contribution in [2.75, 3.05) is 12.5 Å². The number of benzene rings is 2. The van der Waals surface area contributed by atoms with E-state index in [1.807, 2.05) is 18.2 Å². The molecule has 0 aromatic heterocycles. The number of carboxylic acid groups (broad SMARTS) is 1. The Labute approximate surface area is 144 Å². The summed E-state index contributed by atoms with van der Waals surface area (Å²) in [4.78, 5) is 11.3. The lowest BCUT2D eigenvalue weighted by Crippen LogP contribution is -2.10. The predicted octanol–water partition coefficient (Wildman–Crippen LogP) is 3.71. The van der Waals surface area contributed by atoms with E-state index in [0.717, 1.165) is 5.69 Å². The highest BCUT2D eigenvalue weighted by Crippen LogP contribution is 2.21. The summed E-state index contributed by atoms with van der Waals surface area (Å²) in [5.41, 5.74) is 3.48. The van der Waals surface area contributed by atoms with E-state index in [4.69, 9.17) is 21.1 Å². The first-order valence-electron chi connectivity index (χ1n) is 6.89. The van der Waals surface area contributed by atoms with E-state index < -0.39 is 11.7 Å². The molecule has 0 saturated heterocycles. The van der Waals surface area contributed by atoms with Crippen molar-refractivity contribution in [2.24, 2.45) is 5.10 Å². The molecule has 2 rings (SSSR count). The Morgan fingerprint density at radius 1 is 1.12 bits per heavy atom. The Hall–Kier alpha value is -2.99. The molecule has 0 saturated carbocycles. The van der Waals surface area contributed by atoms with Gasteiger partial charge in [-0.3, -0.25) is 5.43 Å². The van der Waals surface area contributed by atoms with Crippen molar-refractivity contribution in [3.63, 3.8) is 0 Å². The minimum absolute atomic E-state index is 0.151. The minimum Gasteiger partial charge on any atom is -0.497 e. The van der Waals surface area contributed by atoms with E-state index in [2.05, 4.69) is 10.5 Å². The lowest BCUT2D eigenvalue weighted by atomic mass is 10.3. The number of nitrogens with one attached hydrogen (secondary N) is 1. The lowest BCUT2D eigenvalue weighted by molar-refractivity contribution is -0.135. The van der Waals surface area contributed by atoms with E-state index in [0.29, 0.717) is 11.5 Å². The van der Waals surface area contributed by atoms with Crippen molar-refractivity contribution >= 4 is 29.5 Å². The molecule has 0 aliphatic rings. The Balaban J connectivity index is 2.11. The van der Waals surface area contributed by atoms with Crippen LogP contribution < -0.4 is 14.9 Å². The molecule has 0 bridgehead atoms. The number of hydrazone groups is 1. The molecule has 2 aromatic rings. The van der Waals surface area contributed by atoms with Crippen LogP contribution in [-0.4, -0.2) is 24.4 Å². The van der Waals surface area contributed by atoms with Gasteiger partial charge in [0.25, 0.3) is 0 Å². The third-order valence-corrected chi connectivity index (χ3v) is 3.11. The van der Waals surface area contributed by atoms with Gasteiger partial charge in [-0.15, -0.1) is 0 Å². The number of para-hydroxylation sites is 1. The summed E-state index contributed by atoms with van der Waals surface area (Å²) in [6.07, 6.45) is 1.17.